The van der Waals surface area contributed by atoms with Crippen LogP contribution in [-0.4, -0.2) is 22.2 Å². The predicted molar refractivity (Wildman–Crippen MR) is 389 cm³/mol. The Morgan fingerprint density at radius 2 is 1.00 bits per heavy atom. The van der Waals surface area contributed by atoms with Gasteiger partial charge in [0.15, 0.2) is 8.07 Å². The van der Waals surface area contributed by atoms with Gasteiger partial charge in [0.05, 0.1) is 0 Å². The van der Waals surface area contributed by atoms with Crippen molar-refractivity contribution < 1.29 is 25.8 Å². The van der Waals surface area contributed by atoms with E-state index in [2.05, 4.69) is 358 Å². The van der Waals surface area contributed by atoms with Gasteiger partial charge in [0.2, 0.25) is 0 Å². The number of anilines is 4. The number of ether oxygens (including phenoxy) is 1. The third-order valence-electron chi connectivity index (χ3n) is 19.3. The molecule has 0 saturated heterocycles. The molecule has 6 nitrogen and oxygen atoms in total. The topological polar surface area (TPSA) is 38.5 Å². The zero-order valence-electron chi connectivity index (χ0n) is 53.2. The fraction of sp³-hybridized carbons (Fsp3) is 0.0930. The Kier molecular flexibility index (Phi) is 14.2. The van der Waals surface area contributed by atoms with E-state index in [4.69, 9.17) is 9.72 Å². The summed E-state index contributed by atoms with van der Waals surface area (Å²) in [4.78, 5) is 9.88. The van der Waals surface area contributed by atoms with E-state index in [1.807, 2.05) is 6.20 Å². The van der Waals surface area contributed by atoms with E-state index in [9.17, 15) is 0 Å². The average Bonchev–Trinajstić information content (AvgIpc) is 1.51. The number of benzene rings is 12. The van der Waals surface area contributed by atoms with E-state index in [0.717, 1.165) is 94.7 Å². The largest absolute Gasteiger partial charge is 0.507 e. The molecule has 0 radical (unpaired) electrons. The maximum Gasteiger partial charge on any atom is 0.180 e. The fourth-order valence-corrected chi connectivity index (χ4v) is 20.3. The Balaban J connectivity index is 0.00000699. The van der Waals surface area contributed by atoms with Crippen LogP contribution < -0.4 is 35.3 Å². The minimum atomic E-state index is -3.01. The van der Waals surface area contributed by atoms with Gasteiger partial charge >= 0.3 is 0 Å². The molecule has 15 aromatic rings. The molecule has 0 saturated carbocycles. The zero-order valence-corrected chi connectivity index (χ0v) is 56.4. The van der Waals surface area contributed by atoms with Crippen molar-refractivity contribution in [3.8, 4) is 56.4 Å². The summed E-state index contributed by atoms with van der Waals surface area (Å²) in [6.45, 7) is 15.8. The molecule has 17 rings (SSSR count). The second-order valence-corrected chi connectivity index (χ2v) is 30.4. The van der Waals surface area contributed by atoms with E-state index in [-0.39, 0.29) is 31.9 Å². The summed E-state index contributed by atoms with van der Waals surface area (Å²) in [6.07, 6.45) is 1.96. The monoisotopic (exact) mass is 1410 g/mol. The Morgan fingerprint density at radius 3 is 1.66 bits per heavy atom. The summed E-state index contributed by atoms with van der Waals surface area (Å²) < 4.78 is 12.3. The summed E-state index contributed by atoms with van der Waals surface area (Å²) in [5, 5.41) is 10.0. The molecule has 0 atom stereocenters. The maximum atomic E-state index is 7.60. The second-order valence-electron chi connectivity index (χ2n) is 26.8. The number of para-hydroxylation sites is 5. The van der Waals surface area contributed by atoms with Crippen LogP contribution in [0.1, 0.15) is 52.7 Å². The van der Waals surface area contributed by atoms with E-state index < -0.39 is 8.07 Å². The van der Waals surface area contributed by atoms with Crippen LogP contribution >= 0.6 is 0 Å². The minimum Gasteiger partial charge on any atom is -0.507 e. The van der Waals surface area contributed by atoms with Crippen LogP contribution in [0, 0.1) is 18.8 Å². The van der Waals surface area contributed by atoms with E-state index in [1.54, 1.807) is 0 Å². The van der Waals surface area contributed by atoms with Crippen molar-refractivity contribution >= 4 is 95.2 Å². The van der Waals surface area contributed by atoms with Crippen LogP contribution in [0.25, 0.3) is 88.5 Å². The van der Waals surface area contributed by atoms with E-state index >= 15 is 0 Å². The molecule has 2 aliphatic rings. The van der Waals surface area contributed by atoms with Crippen LogP contribution in [-0.2, 0) is 31.9 Å². The SMILES string of the molecule is CC(C)(C)c1ccc(-c2cccc(-c3ccccc3)c2N2[CH-]N(c3[c-]c(Oc4[c-]c5c(cc4)c4c6c(ccc4n5-c4cc(C(C)(C)C)ccn4)-c4ccccc4[Si]6(c4ccccc4)c4ccccc4)c(-n4c5ccccc5c5ccccc54)cc3)c3ccccc32)cc1.[Pt]. The molecule has 8 heteroatoms. The molecule has 0 fully saturated rings. The van der Waals surface area contributed by atoms with Gasteiger partial charge in [0.25, 0.3) is 0 Å². The minimum absolute atomic E-state index is 0. The van der Waals surface area contributed by atoms with Crippen molar-refractivity contribution in [2.45, 2.75) is 52.4 Å². The van der Waals surface area contributed by atoms with Crippen LogP contribution in [0.2, 0.25) is 0 Å². The van der Waals surface area contributed by atoms with Crippen molar-refractivity contribution in [1.29, 1.82) is 0 Å². The number of aromatic nitrogens is 3. The predicted octanol–water partition coefficient (Wildman–Crippen LogP) is 19.4. The molecule has 12 aromatic carbocycles. The molecule has 5 heterocycles. The second kappa shape index (κ2) is 22.8. The standard InChI is InChI=1S/C86H66N5OSi.Pt/c1-85(2,3)59-43-41-58(42-44-59)66-35-24-34-65(57-25-10-7-11-26-57)83(66)89-56-88(74-38-21-22-39-75(74)89)61-45-49-76(90-72-36-19-16-31-67(72)68-32-17-20-37-73(68)90)79(54-61)92-62-46-47-71-78(55-62)91(81-53-60(51-52-87-81)86(4,5)6)77-50-48-70-69-33-18-23-40-80(69)93(84(70)82(71)77,63-27-12-8-13-28-63)64-29-14-9-15-30-64;/h7-53,56H,1-6H3;/q-3;. The molecule has 0 bridgehead atoms. The quantitative estimate of drug-likeness (QED) is 0.101. The van der Waals surface area contributed by atoms with Crippen LogP contribution in [0.3, 0.4) is 0 Å². The van der Waals surface area contributed by atoms with Gasteiger partial charge in [-0.15, -0.1) is 48.1 Å². The maximum absolute atomic E-state index is 7.60. The summed E-state index contributed by atoms with van der Waals surface area (Å²) in [6, 6.07) is 110. The smallest absolute Gasteiger partial charge is 0.180 e. The Labute approximate surface area is 564 Å². The molecule has 0 spiro atoms. The Bertz CT molecular complexity index is 5340. The number of pyridine rings is 1. The van der Waals surface area contributed by atoms with Gasteiger partial charge in [-0.3, -0.25) is 0 Å². The normalized spacial score (nSPS) is 13.3. The number of fused-ring (bicyclic) bond motifs is 11. The van der Waals surface area contributed by atoms with Gasteiger partial charge in [-0.25, -0.2) is 4.98 Å². The van der Waals surface area contributed by atoms with Gasteiger partial charge in [-0.05, 0) is 118 Å². The summed E-state index contributed by atoms with van der Waals surface area (Å²) in [5.74, 6) is 1.92. The van der Waals surface area contributed by atoms with Gasteiger partial charge in [0, 0.05) is 94.3 Å². The molecule has 458 valence electrons. The molecule has 0 aliphatic carbocycles. The van der Waals surface area contributed by atoms with Crippen LogP contribution in [0.4, 0.5) is 22.7 Å². The first-order valence-electron chi connectivity index (χ1n) is 32.2. The molecule has 2 aliphatic heterocycles. The van der Waals surface area contributed by atoms with Crippen LogP contribution in [0.5, 0.6) is 11.5 Å². The number of hydrogen-bond donors (Lipinski definition) is 0. The number of hydrogen-bond acceptors (Lipinski definition) is 4. The van der Waals surface area contributed by atoms with Crippen molar-refractivity contribution in [3.63, 3.8) is 0 Å². The summed E-state index contributed by atoms with van der Waals surface area (Å²) >= 11 is 0. The van der Waals surface area contributed by atoms with Gasteiger partial charge in [-0.1, -0.05) is 259 Å². The zero-order chi connectivity index (χ0) is 62.7. The van der Waals surface area contributed by atoms with Crippen molar-refractivity contribution in [2.75, 3.05) is 9.80 Å². The molecule has 3 aromatic heterocycles. The first kappa shape index (κ1) is 58.8. The van der Waals surface area contributed by atoms with Crippen molar-refractivity contribution in [3.05, 3.63) is 315 Å². The molecular weight excluding hydrogens is 1340 g/mol. The molecule has 0 N–H and O–H groups in total. The number of nitrogens with zero attached hydrogens (tertiary/aromatic N) is 5. The van der Waals surface area contributed by atoms with Gasteiger partial charge in [-0.2, -0.15) is 6.07 Å². The van der Waals surface area contributed by atoms with Crippen LogP contribution in [0.15, 0.2) is 285 Å². The van der Waals surface area contributed by atoms with E-state index in [1.165, 1.54) is 48.4 Å². The molecular formula is C86H66N5OPtSi-3. The first-order valence-corrected chi connectivity index (χ1v) is 34.2. The van der Waals surface area contributed by atoms with Gasteiger partial charge in [0.1, 0.15) is 5.82 Å². The van der Waals surface area contributed by atoms with Gasteiger partial charge < -0.3 is 23.7 Å². The first-order chi connectivity index (χ1) is 45.4. The third-order valence-corrected chi connectivity index (χ3v) is 24.2. The number of rotatable bonds is 10. The average molecular weight is 1410 g/mol. The molecule has 0 unspecified atom stereocenters. The van der Waals surface area contributed by atoms with Crippen molar-refractivity contribution in [2.24, 2.45) is 0 Å². The summed E-state index contributed by atoms with van der Waals surface area (Å²) in [5.41, 5.74) is 18.3. The third kappa shape index (κ3) is 9.34. The fourth-order valence-electron chi connectivity index (χ4n) is 14.9. The summed E-state index contributed by atoms with van der Waals surface area (Å²) in [7, 11) is -3.01. The van der Waals surface area contributed by atoms with E-state index in [0.29, 0.717) is 11.5 Å². The molecule has 0 amide bonds. The Hall–Kier alpha value is -10.3. The van der Waals surface area contributed by atoms with Crippen molar-refractivity contribution in [1.82, 2.24) is 14.1 Å². The molecule has 94 heavy (non-hydrogen) atoms. The Morgan fingerprint density at radius 1 is 0.426 bits per heavy atom.